The molecule has 0 spiro atoms. The third-order valence-corrected chi connectivity index (χ3v) is 2.48. The Bertz CT molecular complexity index is 296. The van der Waals surface area contributed by atoms with Gasteiger partial charge in [-0.1, -0.05) is 12.1 Å². The Morgan fingerprint density at radius 3 is 2.57 bits per heavy atom. The Morgan fingerprint density at radius 2 is 2.00 bits per heavy atom. The standard InChI is InChI=1S/C9H9F3S2/c10-9(11,12)14-8-3-1-2-7(6-8)4-5-13/h1-3,6,13H,4-5H2. The lowest BCUT2D eigenvalue weighted by atomic mass is 10.2. The number of rotatable bonds is 3. The van der Waals surface area contributed by atoms with Crippen LogP contribution in [0.5, 0.6) is 0 Å². The second kappa shape index (κ2) is 4.98. The second-order valence-corrected chi connectivity index (χ2v) is 4.25. The lowest BCUT2D eigenvalue weighted by Crippen LogP contribution is -1.99. The fourth-order valence-corrected chi connectivity index (χ4v) is 1.91. The minimum absolute atomic E-state index is 0.0842. The van der Waals surface area contributed by atoms with Crippen LogP contribution in [-0.2, 0) is 6.42 Å². The lowest BCUT2D eigenvalue weighted by Gasteiger charge is -2.06. The molecular formula is C9H9F3S2. The highest BCUT2D eigenvalue weighted by molar-refractivity contribution is 8.00. The highest BCUT2D eigenvalue weighted by Gasteiger charge is 2.29. The van der Waals surface area contributed by atoms with Crippen LogP contribution in [0, 0.1) is 0 Å². The van der Waals surface area contributed by atoms with Crippen molar-refractivity contribution in [2.24, 2.45) is 0 Å². The van der Waals surface area contributed by atoms with Crippen molar-refractivity contribution in [1.29, 1.82) is 0 Å². The first-order chi connectivity index (χ1) is 6.51. The maximum atomic E-state index is 12.0. The van der Waals surface area contributed by atoms with Gasteiger partial charge in [0, 0.05) is 4.90 Å². The maximum Gasteiger partial charge on any atom is 0.446 e. The number of aryl methyl sites for hydroxylation is 1. The van der Waals surface area contributed by atoms with Crippen LogP contribution in [0.2, 0.25) is 0 Å². The number of hydrogen-bond acceptors (Lipinski definition) is 2. The SMILES string of the molecule is FC(F)(F)Sc1cccc(CCS)c1. The van der Waals surface area contributed by atoms with Crippen molar-refractivity contribution in [2.75, 3.05) is 5.75 Å². The minimum atomic E-state index is -4.21. The molecule has 0 aliphatic rings. The van der Waals surface area contributed by atoms with E-state index < -0.39 is 5.51 Å². The quantitative estimate of drug-likeness (QED) is 0.618. The average Bonchev–Trinajstić information content (AvgIpc) is 2.02. The van der Waals surface area contributed by atoms with Crippen LogP contribution in [0.1, 0.15) is 5.56 Å². The summed E-state index contributed by atoms with van der Waals surface area (Å²) in [6, 6.07) is 6.44. The molecular weight excluding hydrogens is 229 g/mol. The van der Waals surface area contributed by atoms with Crippen LogP contribution in [0.3, 0.4) is 0 Å². The van der Waals surface area contributed by atoms with Crippen LogP contribution in [0.25, 0.3) is 0 Å². The Labute approximate surface area is 90.3 Å². The van der Waals surface area contributed by atoms with Gasteiger partial charge in [0.2, 0.25) is 0 Å². The fraction of sp³-hybridized carbons (Fsp3) is 0.333. The van der Waals surface area contributed by atoms with E-state index in [1.54, 1.807) is 18.2 Å². The highest BCUT2D eigenvalue weighted by atomic mass is 32.2. The van der Waals surface area contributed by atoms with Crippen LogP contribution in [0.15, 0.2) is 29.2 Å². The molecule has 78 valence electrons. The number of alkyl halides is 3. The summed E-state index contributed by atoms with van der Waals surface area (Å²) in [5.41, 5.74) is -3.33. The minimum Gasteiger partial charge on any atom is -0.179 e. The Hall–Kier alpha value is -0.290. The largest absolute Gasteiger partial charge is 0.446 e. The zero-order valence-electron chi connectivity index (χ0n) is 7.21. The number of halogens is 3. The van der Waals surface area contributed by atoms with E-state index in [2.05, 4.69) is 12.6 Å². The zero-order valence-corrected chi connectivity index (χ0v) is 8.92. The van der Waals surface area contributed by atoms with Gasteiger partial charge in [0.25, 0.3) is 0 Å². The molecule has 5 heteroatoms. The number of hydrogen-bond donors (Lipinski definition) is 1. The van der Waals surface area contributed by atoms with Crippen molar-refractivity contribution in [1.82, 2.24) is 0 Å². The van der Waals surface area contributed by atoms with Gasteiger partial charge in [0.1, 0.15) is 0 Å². The van der Waals surface area contributed by atoms with Crippen LogP contribution < -0.4 is 0 Å². The molecule has 0 radical (unpaired) electrons. The smallest absolute Gasteiger partial charge is 0.179 e. The number of thioether (sulfide) groups is 1. The zero-order chi connectivity index (χ0) is 10.6. The summed E-state index contributed by atoms with van der Waals surface area (Å²) in [5, 5.41) is 0. The summed E-state index contributed by atoms with van der Waals surface area (Å²) in [4.78, 5) is 0.233. The van der Waals surface area contributed by atoms with Crippen LogP contribution >= 0.6 is 24.4 Å². The predicted octanol–water partition coefficient (Wildman–Crippen LogP) is 3.77. The van der Waals surface area contributed by atoms with E-state index in [1.165, 1.54) is 6.07 Å². The van der Waals surface area contributed by atoms with Crippen molar-refractivity contribution in [2.45, 2.75) is 16.8 Å². The molecule has 0 bridgehead atoms. The molecule has 0 heterocycles. The van der Waals surface area contributed by atoms with Crippen molar-refractivity contribution in [3.63, 3.8) is 0 Å². The second-order valence-electron chi connectivity index (χ2n) is 2.67. The van der Waals surface area contributed by atoms with Gasteiger partial charge >= 0.3 is 5.51 Å². The van der Waals surface area contributed by atoms with Crippen molar-refractivity contribution < 1.29 is 13.2 Å². The van der Waals surface area contributed by atoms with Crippen molar-refractivity contribution in [3.8, 4) is 0 Å². The van der Waals surface area contributed by atoms with E-state index in [9.17, 15) is 13.2 Å². The van der Waals surface area contributed by atoms with E-state index in [-0.39, 0.29) is 16.7 Å². The van der Waals surface area contributed by atoms with Crippen LogP contribution in [0.4, 0.5) is 13.2 Å². The maximum absolute atomic E-state index is 12.0. The normalized spacial score (nSPS) is 11.7. The van der Waals surface area contributed by atoms with Gasteiger partial charge in [-0.3, -0.25) is 0 Å². The fourth-order valence-electron chi connectivity index (χ4n) is 1.03. The summed E-state index contributed by atoms with van der Waals surface area (Å²) < 4.78 is 36.0. The Morgan fingerprint density at radius 1 is 1.29 bits per heavy atom. The van der Waals surface area contributed by atoms with Crippen LogP contribution in [-0.4, -0.2) is 11.3 Å². The molecule has 0 fully saturated rings. The number of benzene rings is 1. The van der Waals surface area contributed by atoms with Gasteiger partial charge < -0.3 is 0 Å². The summed E-state index contributed by atoms with van der Waals surface area (Å²) in [5.74, 6) is 0.639. The first kappa shape index (κ1) is 11.8. The molecule has 1 rings (SSSR count). The molecule has 0 N–H and O–H groups in total. The van der Waals surface area contributed by atoms with Gasteiger partial charge in [-0.2, -0.15) is 25.8 Å². The molecule has 0 aliphatic carbocycles. The Balaban J connectivity index is 2.73. The first-order valence-corrected chi connectivity index (χ1v) is 5.42. The topological polar surface area (TPSA) is 0 Å². The summed E-state index contributed by atoms with van der Waals surface area (Å²) in [6.45, 7) is 0. The summed E-state index contributed by atoms with van der Waals surface area (Å²) >= 11 is 3.94. The van der Waals surface area contributed by atoms with E-state index in [0.717, 1.165) is 5.56 Å². The molecule has 0 saturated heterocycles. The summed E-state index contributed by atoms with van der Waals surface area (Å²) in [7, 11) is 0. The van der Waals surface area contributed by atoms with Gasteiger partial charge in [-0.05, 0) is 41.6 Å². The molecule has 0 nitrogen and oxygen atoms in total. The van der Waals surface area contributed by atoms with Gasteiger partial charge in [0.15, 0.2) is 0 Å². The molecule has 0 aromatic heterocycles. The van der Waals surface area contributed by atoms with E-state index in [0.29, 0.717) is 12.2 Å². The average molecular weight is 238 g/mol. The Kier molecular flexibility index (Phi) is 4.19. The number of thiol groups is 1. The molecule has 0 amide bonds. The highest BCUT2D eigenvalue weighted by Crippen LogP contribution is 2.36. The van der Waals surface area contributed by atoms with Gasteiger partial charge in [-0.25, -0.2) is 0 Å². The van der Waals surface area contributed by atoms with E-state index in [1.807, 2.05) is 0 Å². The van der Waals surface area contributed by atoms with Crippen molar-refractivity contribution >= 4 is 24.4 Å². The monoisotopic (exact) mass is 238 g/mol. The molecule has 1 aromatic carbocycles. The van der Waals surface area contributed by atoms with E-state index >= 15 is 0 Å². The molecule has 14 heavy (non-hydrogen) atoms. The molecule has 0 aliphatic heterocycles. The third kappa shape index (κ3) is 4.28. The van der Waals surface area contributed by atoms with Gasteiger partial charge in [-0.15, -0.1) is 0 Å². The molecule has 0 unspecified atom stereocenters. The summed E-state index contributed by atoms with van der Waals surface area (Å²) in [6.07, 6.45) is 0.690. The molecule has 0 saturated carbocycles. The van der Waals surface area contributed by atoms with Gasteiger partial charge in [0.05, 0.1) is 0 Å². The lowest BCUT2D eigenvalue weighted by molar-refractivity contribution is -0.0328. The van der Waals surface area contributed by atoms with Crippen molar-refractivity contribution in [3.05, 3.63) is 29.8 Å². The third-order valence-electron chi connectivity index (χ3n) is 1.53. The first-order valence-electron chi connectivity index (χ1n) is 3.97. The predicted molar refractivity (Wildman–Crippen MR) is 55.9 cm³/mol. The van der Waals surface area contributed by atoms with E-state index in [4.69, 9.17) is 0 Å². The molecule has 1 aromatic rings. The molecule has 0 atom stereocenters.